The molecule has 0 unspecified atom stereocenters. The van der Waals surface area contributed by atoms with E-state index in [1.54, 1.807) is 18.2 Å². The van der Waals surface area contributed by atoms with Crippen LogP contribution in [0.4, 0.5) is 15.9 Å². The van der Waals surface area contributed by atoms with Gasteiger partial charge in [0, 0.05) is 12.2 Å². The van der Waals surface area contributed by atoms with E-state index in [9.17, 15) is 9.18 Å². The number of benzene rings is 1. The molecule has 1 heterocycles. The number of rotatable bonds is 5. The van der Waals surface area contributed by atoms with Crippen molar-refractivity contribution in [3.63, 3.8) is 0 Å². The fraction of sp³-hybridized carbons (Fsp3) is 0.267. The van der Waals surface area contributed by atoms with Crippen LogP contribution in [-0.2, 0) is 0 Å². The highest BCUT2D eigenvalue weighted by molar-refractivity contribution is 6.02. The van der Waals surface area contributed by atoms with Gasteiger partial charge in [0.15, 0.2) is 5.69 Å². The molecule has 0 atom stereocenters. The third-order valence-corrected chi connectivity index (χ3v) is 2.67. The summed E-state index contributed by atoms with van der Waals surface area (Å²) in [5, 5.41) is 13.5. The van der Waals surface area contributed by atoms with Gasteiger partial charge in [0.25, 0.3) is 5.91 Å². The highest BCUT2D eigenvalue weighted by Gasteiger charge is 2.09. The van der Waals surface area contributed by atoms with E-state index in [0.29, 0.717) is 17.4 Å². The second kappa shape index (κ2) is 6.78. The highest BCUT2D eigenvalue weighted by atomic mass is 19.1. The Morgan fingerprint density at radius 1 is 1.24 bits per heavy atom. The topological polar surface area (TPSA) is 66.9 Å². The van der Waals surface area contributed by atoms with Crippen LogP contribution in [0.25, 0.3) is 0 Å². The van der Waals surface area contributed by atoms with Crippen LogP contribution in [0.1, 0.15) is 24.3 Å². The molecular weight excluding hydrogens is 271 g/mol. The first kappa shape index (κ1) is 14.9. The summed E-state index contributed by atoms with van der Waals surface area (Å²) >= 11 is 0. The minimum Gasteiger partial charge on any atom is -0.368 e. The Bertz CT molecular complexity index is 613. The van der Waals surface area contributed by atoms with Gasteiger partial charge in [0.1, 0.15) is 11.6 Å². The van der Waals surface area contributed by atoms with Crippen molar-refractivity contribution < 1.29 is 9.18 Å². The highest BCUT2D eigenvalue weighted by Crippen LogP contribution is 2.11. The third-order valence-electron chi connectivity index (χ3n) is 2.67. The van der Waals surface area contributed by atoms with Crippen molar-refractivity contribution in [3.8, 4) is 0 Å². The van der Waals surface area contributed by atoms with Gasteiger partial charge in [0.2, 0.25) is 0 Å². The Morgan fingerprint density at radius 3 is 2.67 bits per heavy atom. The average molecular weight is 288 g/mol. The van der Waals surface area contributed by atoms with Gasteiger partial charge in [-0.1, -0.05) is 19.9 Å². The van der Waals surface area contributed by atoms with E-state index in [2.05, 4.69) is 34.7 Å². The molecule has 0 bridgehead atoms. The zero-order valence-electron chi connectivity index (χ0n) is 11.9. The summed E-state index contributed by atoms with van der Waals surface area (Å²) in [5.41, 5.74) is 0.554. The number of hydrogen-bond acceptors (Lipinski definition) is 4. The SMILES string of the molecule is CC(C)CNc1ccc(C(=O)Nc2cccc(F)c2)nn1. The molecule has 1 aromatic carbocycles. The van der Waals surface area contributed by atoms with Crippen LogP contribution in [0.2, 0.25) is 0 Å². The lowest BCUT2D eigenvalue weighted by molar-refractivity contribution is 0.102. The van der Waals surface area contributed by atoms with E-state index in [4.69, 9.17) is 0 Å². The van der Waals surface area contributed by atoms with Gasteiger partial charge in [-0.3, -0.25) is 4.79 Å². The minimum atomic E-state index is -0.427. The van der Waals surface area contributed by atoms with Crippen molar-refractivity contribution in [2.45, 2.75) is 13.8 Å². The van der Waals surface area contributed by atoms with E-state index in [0.717, 1.165) is 6.54 Å². The number of anilines is 2. The van der Waals surface area contributed by atoms with Crippen LogP contribution in [0.15, 0.2) is 36.4 Å². The fourth-order valence-electron chi connectivity index (χ4n) is 1.62. The van der Waals surface area contributed by atoms with Crippen LogP contribution in [-0.4, -0.2) is 22.6 Å². The van der Waals surface area contributed by atoms with Gasteiger partial charge in [-0.25, -0.2) is 4.39 Å². The molecule has 1 amide bonds. The molecule has 1 aromatic heterocycles. The maximum atomic E-state index is 13.0. The first-order valence-electron chi connectivity index (χ1n) is 6.69. The smallest absolute Gasteiger partial charge is 0.276 e. The summed E-state index contributed by atoms with van der Waals surface area (Å²) in [6, 6.07) is 8.94. The monoisotopic (exact) mass is 288 g/mol. The number of amides is 1. The van der Waals surface area contributed by atoms with Crippen LogP contribution < -0.4 is 10.6 Å². The van der Waals surface area contributed by atoms with Crippen LogP contribution in [0.5, 0.6) is 0 Å². The molecule has 110 valence electrons. The van der Waals surface area contributed by atoms with Crippen molar-refractivity contribution in [2.75, 3.05) is 17.2 Å². The predicted molar refractivity (Wildman–Crippen MR) is 79.7 cm³/mol. The van der Waals surface area contributed by atoms with Crippen LogP contribution in [0.3, 0.4) is 0 Å². The molecular formula is C15H17FN4O. The first-order valence-corrected chi connectivity index (χ1v) is 6.69. The minimum absolute atomic E-state index is 0.175. The molecule has 0 radical (unpaired) electrons. The summed E-state index contributed by atoms with van der Waals surface area (Å²) in [6.07, 6.45) is 0. The first-order chi connectivity index (χ1) is 10.0. The van der Waals surface area contributed by atoms with E-state index < -0.39 is 11.7 Å². The Hall–Kier alpha value is -2.50. The number of aromatic nitrogens is 2. The average Bonchev–Trinajstić information content (AvgIpc) is 2.45. The van der Waals surface area contributed by atoms with Crippen molar-refractivity contribution in [1.82, 2.24) is 10.2 Å². The maximum Gasteiger partial charge on any atom is 0.276 e. The van der Waals surface area contributed by atoms with Gasteiger partial charge in [-0.15, -0.1) is 10.2 Å². The van der Waals surface area contributed by atoms with Gasteiger partial charge < -0.3 is 10.6 Å². The van der Waals surface area contributed by atoms with Gasteiger partial charge in [0.05, 0.1) is 0 Å². The number of carbonyl (C=O) groups is 1. The molecule has 0 aliphatic rings. The summed E-state index contributed by atoms with van der Waals surface area (Å²) in [4.78, 5) is 11.9. The summed E-state index contributed by atoms with van der Waals surface area (Å²) < 4.78 is 13.0. The Morgan fingerprint density at radius 2 is 2.05 bits per heavy atom. The van der Waals surface area contributed by atoms with Crippen LogP contribution in [0, 0.1) is 11.7 Å². The van der Waals surface area contributed by atoms with Crippen molar-refractivity contribution >= 4 is 17.4 Å². The van der Waals surface area contributed by atoms with Gasteiger partial charge in [-0.05, 0) is 36.2 Å². The quantitative estimate of drug-likeness (QED) is 0.887. The molecule has 5 nitrogen and oxygen atoms in total. The Balaban J connectivity index is 1.99. The molecule has 2 rings (SSSR count). The van der Waals surface area contributed by atoms with Crippen LogP contribution >= 0.6 is 0 Å². The van der Waals surface area contributed by atoms with E-state index in [1.165, 1.54) is 18.2 Å². The maximum absolute atomic E-state index is 13.0. The molecule has 0 saturated heterocycles. The number of nitrogens with one attached hydrogen (secondary N) is 2. The molecule has 0 fully saturated rings. The predicted octanol–water partition coefficient (Wildman–Crippen LogP) is 2.94. The second-order valence-electron chi connectivity index (χ2n) is 5.04. The van der Waals surface area contributed by atoms with E-state index >= 15 is 0 Å². The second-order valence-corrected chi connectivity index (χ2v) is 5.04. The standard InChI is InChI=1S/C15H17FN4O/c1-10(2)9-17-14-7-6-13(19-20-14)15(21)18-12-5-3-4-11(16)8-12/h3-8,10H,9H2,1-2H3,(H,17,20)(H,18,21). The Labute approximate surface area is 122 Å². The van der Waals surface area contributed by atoms with Crippen molar-refractivity contribution in [1.29, 1.82) is 0 Å². The zero-order chi connectivity index (χ0) is 15.2. The van der Waals surface area contributed by atoms with Crippen molar-refractivity contribution in [2.24, 2.45) is 5.92 Å². The third kappa shape index (κ3) is 4.52. The van der Waals surface area contributed by atoms with Crippen molar-refractivity contribution in [3.05, 3.63) is 47.9 Å². The molecule has 0 aliphatic heterocycles. The molecule has 21 heavy (non-hydrogen) atoms. The molecule has 0 spiro atoms. The normalized spacial score (nSPS) is 10.5. The molecule has 0 saturated carbocycles. The summed E-state index contributed by atoms with van der Waals surface area (Å²) in [7, 11) is 0. The summed E-state index contributed by atoms with van der Waals surface area (Å²) in [5.74, 6) is 0.268. The molecule has 6 heteroatoms. The molecule has 2 aromatic rings. The number of nitrogens with zero attached hydrogens (tertiary/aromatic N) is 2. The number of carbonyl (C=O) groups excluding carboxylic acids is 1. The number of halogens is 1. The van der Waals surface area contributed by atoms with E-state index in [1.807, 2.05) is 0 Å². The lowest BCUT2D eigenvalue weighted by Crippen LogP contribution is -2.15. The number of hydrogen-bond donors (Lipinski definition) is 2. The Kier molecular flexibility index (Phi) is 4.81. The molecule has 2 N–H and O–H groups in total. The largest absolute Gasteiger partial charge is 0.368 e. The van der Waals surface area contributed by atoms with E-state index in [-0.39, 0.29) is 5.69 Å². The fourth-order valence-corrected chi connectivity index (χ4v) is 1.62. The molecule has 0 aliphatic carbocycles. The van der Waals surface area contributed by atoms with Gasteiger partial charge in [-0.2, -0.15) is 0 Å². The summed E-state index contributed by atoms with van der Waals surface area (Å²) in [6.45, 7) is 4.95. The lowest BCUT2D eigenvalue weighted by Gasteiger charge is -2.08. The lowest BCUT2D eigenvalue weighted by atomic mass is 10.2. The zero-order valence-corrected chi connectivity index (χ0v) is 11.9. The van der Waals surface area contributed by atoms with Gasteiger partial charge >= 0.3 is 0 Å².